The van der Waals surface area contributed by atoms with E-state index in [1.54, 1.807) is 0 Å². The van der Waals surface area contributed by atoms with Gasteiger partial charge in [0.15, 0.2) is 0 Å². The molecule has 0 saturated heterocycles. The van der Waals surface area contributed by atoms with E-state index in [0.717, 1.165) is 12.3 Å². The number of carboxylic acids is 1. The molecule has 1 aliphatic rings. The minimum atomic E-state index is -0.845. The van der Waals surface area contributed by atoms with Crippen LogP contribution in [0.4, 0.5) is 4.79 Å². The molecule has 0 heterocycles. The lowest BCUT2D eigenvalue weighted by atomic mass is 9.97. The molecule has 19 heavy (non-hydrogen) atoms. The van der Waals surface area contributed by atoms with Gasteiger partial charge in [0.1, 0.15) is 0 Å². The first-order valence-electron chi connectivity index (χ1n) is 7.23. The molecular weight excluding hydrogens is 244 g/mol. The van der Waals surface area contributed by atoms with Gasteiger partial charge >= 0.3 is 12.0 Å². The number of carboxylic acid groups (broad SMARTS) is 1. The van der Waals surface area contributed by atoms with Crippen LogP contribution < -0.4 is 10.6 Å². The summed E-state index contributed by atoms with van der Waals surface area (Å²) in [4.78, 5) is 22.5. The van der Waals surface area contributed by atoms with Gasteiger partial charge in [-0.05, 0) is 31.1 Å². The van der Waals surface area contributed by atoms with E-state index in [2.05, 4.69) is 10.6 Å². The molecule has 1 aliphatic carbocycles. The fourth-order valence-corrected chi connectivity index (χ4v) is 2.12. The topological polar surface area (TPSA) is 78.4 Å². The second-order valence-electron chi connectivity index (χ2n) is 5.89. The average Bonchev–Trinajstić information content (AvgIpc) is 3.13. The summed E-state index contributed by atoms with van der Waals surface area (Å²) in [6, 6.07) is -0.259. The van der Waals surface area contributed by atoms with Gasteiger partial charge in [-0.1, -0.05) is 26.7 Å². The molecule has 1 unspecified atom stereocenters. The third kappa shape index (κ3) is 7.70. The molecule has 1 fully saturated rings. The Bertz CT molecular complexity index is 301. The van der Waals surface area contributed by atoms with Crippen molar-refractivity contribution >= 4 is 12.0 Å². The molecule has 0 radical (unpaired) electrons. The number of rotatable bonds is 9. The van der Waals surface area contributed by atoms with Crippen molar-refractivity contribution in [3.05, 3.63) is 0 Å². The molecule has 0 aromatic heterocycles. The Morgan fingerprint density at radius 2 is 1.95 bits per heavy atom. The number of aliphatic carboxylic acids is 1. The van der Waals surface area contributed by atoms with E-state index in [4.69, 9.17) is 5.11 Å². The largest absolute Gasteiger partial charge is 0.481 e. The van der Waals surface area contributed by atoms with Crippen molar-refractivity contribution in [3.8, 4) is 0 Å². The fourth-order valence-electron chi connectivity index (χ4n) is 2.12. The molecule has 1 saturated carbocycles. The van der Waals surface area contributed by atoms with E-state index < -0.39 is 11.9 Å². The molecule has 2 amide bonds. The first kappa shape index (κ1) is 15.8. The SMILES string of the molecule is CC(C)CC(CNC(=O)NCCCC1CC1)C(=O)O. The summed E-state index contributed by atoms with van der Waals surface area (Å²) in [7, 11) is 0. The van der Waals surface area contributed by atoms with Crippen molar-refractivity contribution in [1.82, 2.24) is 10.6 Å². The summed E-state index contributed by atoms with van der Waals surface area (Å²) in [6.45, 7) is 4.83. The highest BCUT2D eigenvalue weighted by Crippen LogP contribution is 2.33. The Hall–Kier alpha value is -1.26. The van der Waals surface area contributed by atoms with Crippen LogP contribution in [0, 0.1) is 17.8 Å². The summed E-state index contributed by atoms with van der Waals surface area (Å²) >= 11 is 0. The van der Waals surface area contributed by atoms with Crippen LogP contribution in [0.2, 0.25) is 0 Å². The molecule has 1 atom stereocenters. The molecule has 5 nitrogen and oxygen atoms in total. The summed E-state index contributed by atoms with van der Waals surface area (Å²) in [5.74, 6) is -0.156. The standard InChI is InChI=1S/C14H26N2O3/c1-10(2)8-12(13(17)18)9-16-14(19)15-7-3-4-11-5-6-11/h10-12H,3-9H2,1-2H3,(H,17,18)(H2,15,16,19). The van der Waals surface area contributed by atoms with Gasteiger partial charge in [0, 0.05) is 13.1 Å². The van der Waals surface area contributed by atoms with Crippen LogP contribution >= 0.6 is 0 Å². The van der Waals surface area contributed by atoms with E-state index in [1.165, 1.54) is 19.3 Å². The highest BCUT2D eigenvalue weighted by atomic mass is 16.4. The number of hydrogen-bond donors (Lipinski definition) is 3. The maximum Gasteiger partial charge on any atom is 0.314 e. The Labute approximate surface area is 115 Å². The number of urea groups is 1. The Kier molecular flexibility index (Phi) is 6.67. The zero-order chi connectivity index (χ0) is 14.3. The van der Waals surface area contributed by atoms with E-state index in [9.17, 15) is 9.59 Å². The van der Waals surface area contributed by atoms with E-state index >= 15 is 0 Å². The van der Waals surface area contributed by atoms with Gasteiger partial charge in [-0.15, -0.1) is 0 Å². The lowest BCUT2D eigenvalue weighted by Crippen LogP contribution is -2.40. The van der Waals surface area contributed by atoms with Gasteiger partial charge in [-0.3, -0.25) is 4.79 Å². The maximum atomic E-state index is 11.5. The van der Waals surface area contributed by atoms with Crippen molar-refractivity contribution in [2.75, 3.05) is 13.1 Å². The lowest BCUT2D eigenvalue weighted by molar-refractivity contribution is -0.142. The number of nitrogens with one attached hydrogen (secondary N) is 2. The first-order chi connectivity index (χ1) is 8.99. The predicted molar refractivity (Wildman–Crippen MR) is 73.9 cm³/mol. The predicted octanol–water partition coefficient (Wildman–Crippen LogP) is 2.22. The molecular formula is C14H26N2O3. The van der Waals surface area contributed by atoms with E-state index in [1.807, 2.05) is 13.8 Å². The Balaban J connectivity index is 2.09. The van der Waals surface area contributed by atoms with Crippen LogP contribution in [0.15, 0.2) is 0 Å². The summed E-state index contributed by atoms with van der Waals surface area (Å²) in [5, 5.41) is 14.5. The van der Waals surface area contributed by atoms with Gasteiger partial charge in [-0.25, -0.2) is 4.79 Å². The minimum Gasteiger partial charge on any atom is -0.481 e. The van der Waals surface area contributed by atoms with Crippen LogP contribution in [-0.2, 0) is 4.79 Å². The molecule has 1 rings (SSSR count). The van der Waals surface area contributed by atoms with Gasteiger partial charge in [0.25, 0.3) is 0 Å². The average molecular weight is 270 g/mol. The van der Waals surface area contributed by atoms with Gasteiger partial charge in [0.05, 0.1) is 5.92 Å². The Morgan fingerprint density at radius 1 is 1.26 bits per heavy atom. The van der Waals surface area contributed by atoms with Crippen molar-refractivity contribution in [1.29, 1.82) is 0 Å². The summed E-state index contributed by atoms with van der Waals surface area (Å²) < 4.78 is 0. The second-order valence-corrected chi connectivity index (χ2v) is 5.89. The third-order valence-electron chi connectivity index (χ3n) is 3.39. The monoisotopic (exact) mass is 270 g/mol. The van der Waals surface area contributed by atoms with Crippen LogP contribution in [-0.4, -0.2) is 30.2 Å². The smallest absolute Gasteiger partial charge is 0.314 e. The molecule has 0 aromatic carbocycles. The number of amides is 2. The number of carbonyl (C=O) groups excluding carboxylic acids is 1. The van der Waals surface area contributed by atoms with Crippen molar-refractivity contribution in [2.24, 2.45) is 17.8 Å². The second kappa shape index (κ2) is 8.02. The van der Waals surface area contributed by atoms with Crippen molar-refractivity contribution in [2.45, 2.75) is 46.0 Å². The van der Waals surface area contributed by atoms with Gasteiger partial charge in [0.2, 0.25) is 0 Å². The van der Waals surface area contributed by atoms with E-state index in [0.29, 0.717) is 18.9 Å². The van der Waals surface area contributed by atoms with Gasteiger partial charge < -0.3 is 15.7 Å². The molecule has 0 aromatic rings. The first-order valence-corrected chi connectivity index (χ1v) is 7.23. The Morgan fingerprint density at radius 3 is 2.47 bits per heavy atom. The van der Waals surface area contributed by atoms with Crippen LogP contribution in [0.1, 0.15) is 46.0 Å². The van der Waals surface area contributed by atoms with Gasteiger partial charge in [-0.2, -0.15) is 0 Å². The maximum absolute atomic E-state index is 11.5. The quantitative estimate of drug-likeness (QED) is 0.562. The molecule has 0 aliphatic heterocycles. The molecule has 5 heteroatoms. The highest BCUT2D eigenvalue weighted by molar-refractivity contribution is 5.75. The summed E-state index contributed by atoms with van der Waals surface area (Å²) in [5.41, 5.74) is 0. The van der Waals surface area contributed by atoms with Crippen LogP contribution in [0.5, 0.6) is 0 Å². The zero-order valence-electron chi connectivity index (χ0n) is 11.9. The molecule has 110 valence electrons. The van der Waals surface area contributed by atoms with Crippen molar-refractivity contribution < 1.29 is 14.7 Å². The number of hydrogen-bond acceptors (Lipinski definition) is 2. The third-order valence-corrected chi connectivity index (χ3v) is 3.39. The zero-order valence-corrected chi connectivity index (χ0v) is 11.9. The fraction of sp³-hybridized carbons (Fsp3) is 0.857. The minimum absolute atomic E-state index is 0.196. The normalized spacial score (nSPS) is 16.2. The lowest BCUT2D eigenvalue weighted by Gasteiger charge is -2.15. The number of carbonyl (C=O) groups is 2. The molecule has 3 N–H and O–H groups in total. The van der Waals surface area contributed by atoms with Crippen LogP contribution in [0.25, 0.3) is 0 Å². The molecule has 0 bridgehead atoms. The highest BCUT2D eigenvalue weighted by Gasteiger charge is 2.21. The summed E-state index contributed by atoms with van der Waals surface area (Å²) in [6.07, 6.45) is 5.44. The molecule has 0 spiro atoms. The van der Waals surface area contributed by atoms with E-state index in [-0.39, 0.29) is 12.6 Å². The van der Waals surface area contributed by atoms with Crippen LogP contribution in [0.3, 0.4) is 0 Å². The van der Waals surface area contributed by atoms with Crippen molar-refractivity contribution in [3.63, 3.8) is 0 Å².